The van der Waals surface area contributed by atoms with Crippen molar-refractivity contribution >= 4 is 45.0 Å². The minimum atomic E-state index is -0.271. The molecule has 0 spiro atoms. The van der Waals surface area contributed by atoms with Crippen LogP contribution in [0.25, 0.3) is 21.8 Å². The van der Waals surface area contributed by atoms with Crippen molar-refractivity contribution in [3.8, 4) is 0 Å². The second kappa shape index (κ2) is 8.75. The first-order valence-electron chi connectivity index (χ1n) is 11.0. The van der Waals surface area contributed by atoms with Crippen molar-refractivity contribution in [3.05, 3.63) is 108 Å². The van der Waals surface area contributed by atoms with E-state index in [1.807, 2.05) is 96.3 Å². The van der Waals surface area contributed by atoms with Gasteiger partial charge in [0.1, 0.15) is 14.1 Å². The van der Waals surface area contributed by atoms with Crippen molar-refractivity contribution in [2.45, 2.75) is 0 Å². The highest BCUT2D eigenvalue weighted by Gasteiger charge is 2.13. The Morgan fingerprint density at radius 1 is 0.588 bits per heavy atom. The highest BCUT2D eigenvalue weighted by atomic mass is 16.2. The summed E-state index contributed by atoms with van der Waals surface area (Å²) < 4.78 is 4.05. The van der Waals surface area contributed by atoms with Crippen molar-refractivity contribution in [1.82, 2.24) is 0 Å². The maximum Gasteiger partial charge on any atom is 0.255 e. The number of hydrogen-bond donors (Lipinski definition) is 2. The average molecular weight is 449 g/mol. The van der Waals surface area contributed by atoms with Gasteiger partial charge in [-0.3, -0.25) is 9.59 Å². The van der Waals surface area contributed by atoms with Gasteiger partial charge in [0.15, 0.2) is 12.4 Å². The van der Waals surface area contributed by atoms with E-state index >= 15 is 0 Å². The third-order valence-corrected chi connectivity index (χ3v) is 5.89. The molecule has 0 aliphatic heterocycles. The summed E-state index contributed by atoms with van der Waals surface area (Å²) in [5.41, 5.74) is 4.36. The molecule has 0 unspecified atom stereocenters. The van der Waals surface area contributed by atoms with Crippen molar-refractivity contribution in [2.24, 2.45) is 14.1 Å². The van der Waals surface area contributed by atoms with Gasteiger partial charge in [-0.25, -0.2) is 9.13 Å². The predicted octanol–water partition coefficient (Wildman–Crippen LogP) is 4.15. The van der Waals surface area contributed by atoms with Gasteiger partial charge in [0.2, 0.25) is 11.0 Å². The molecule has 3 aromatic carbocycles. The largest absolute Gasteiger partial charge is 0.322 e. The molecular weight excluding hydrogens is 424 g/mol. The van der Waals surface area contributed by atoms with Gasteiger partial charge in [0.25, 0.3) is 11.8 Å². The summed E-state index contributed by atoms with van der Waals surface area (Å²) in [6.45, 7) is 0. The lowest BCUT2D eigenvalue weighted by Crippen LogP contribution is -2.27. The summed E-state index contributed by atoms with van der Waals surface area (Å²) >= 11 is 0. The number of carbonyl (C=O) groups is 2. The Morgan fingerprint density at radius 2 is 1.06 bits per heavy atom. The molecule has 0 bridgehead atoms. The molecule has 2 amide bonds. The number of pyridine rings is 2. The Morgan fingerprint density at radius 3 is 1.53 bits per heavy atom. The second-order valence-electron chi connectivity index (χ2n) is 8.27. The maximum absolute atomic E-state index is 12.9. The van der Waals surface area contributed by atoms with Gasteiger partial charge in [-0.2, -0.15) is 0 Å². The third-order valence-electron chi connectivity index (χ3n) is 5.89. The molecule has 0 saturated heterocycles. The van der Waals surface area contributed by atoms with Crippen LogP contribution in [0.3, 0.4) is 0 Å². The molecule has 0 aliphatic carbocycles. The molecule has 6 heteroatoms. The average Bonchev–Trinajstić information content (AvgIpc) is 2.84. The molecule has 2 N–H and O–H groups in total. The summed E-state index contributed by atoms with van der Waals surface area (Å²) in [7, 11) is 3.96. The number of aromatic nitrogens is 2. The van der Waals surface area contributed by atoms with Crippen LogP contribution >= 0.6 is 0 Å². The molecule has 5 aromatic rings. The molecule has 6 nitrogen and oxygen atoms in total. The first-order valence-corrected chi connectivity index (χ1v) is 11.0. The van der Waals surface area contributed by atoms with Gasteiger partial charge in [-0.05, 0) is 54.6 Å². The lowest BCUT2D eigenvalue weighted by molar-refractivity contribution is -0.645. The number of hydrogen-bond acceptors (Lipinski definition) is 2. The topological polar surface area (TPSA) is 66.0 Å². The molecule has 2 aromatic heterocycles. The number of carbonyl (C=O) groups excluding carboxylic acids is 2. The summed E-state index contributed by atoms with van der Waals surface area (Å²) in [4.78, 5) is 25.8. The zero-order valence-corrected chi connectivity index (χ0v) is 18.9. The minimum absolute atomic E-state index is 0.271. The Bertz CT molecular complexity index is 1460. The molecule has 5 rings (SSSR count). The van der Waals surface area contributed by atoms with Gasteiger partial charge in [0.05, 0.1) is 0 Å². The Balaban J connectivity index is 1.33. The highest BCUT2D eigenvalue weighted by Crippen LogP contribution is 2.19. The fourth-order valence-electron chi connectivity index (χ4n) is 4.09. The van der Waals surface area contributed by atoms with E-state index in [0.29, 0.717) is 22.5 Å². The lowest BCUT2D eigenvalue weighted by atomic mass is 10.1. The van der Waals surface area contributed by atoms with E-state index < -0.39 is 0 Å². The second-order valence-corrected chi connectivity index (χ2v) is 8.27. The molecule has 0 radical (unpaired) electrons. The molecule has 34 heavy (non-hydrogen) atoms. The van der Waals surface area contributed by atoms with Crippen LogP contribution in [0, 0.1) is 0 Å². The number of nitrogens with zero attached hydrogens (tertiary/aromatic N) is 2. The van der Waals surface area contributed by atoms with E-state index in [4.69, 9.17) is 0 Å². The summed E-state index contributed by atoms with van der Waals surface area (Å²) in [6, 6.07) is 26.2. The lowest BCUT2D eigenvalue weighted by Gasteiger charge is -2.09. The number of amides is 2. The smallest absolute Gasteiger partial charge is 0.255 e. The molecule has 0 atom stereocenters. The van der Waals surface area contributed by atoms with Crippen molar-refractivity contribution in [1.29, 1.82) is 0 Å². The Labute approximate surface area is 197 Å². The molecule has 0 saturated carbocycles. The molecule has 2 heterocycles. The monoisotopic (exact) mass is 448 g/mol. The number of anilines is 2. The molecule has 166 valence electrons. The zero-order chi connectivity index (χ0) is 23.7. The van der Waals surface area contributed by atoms with Crippen molar-refractivity contribution in [3.63, 3.8) is 0 Å². The van der Waals surface area contributed by atoms with Crippen LogP contribution in [0.1, 0.15) is 20.7 Å². The summed E-state index contributed by atoms with van der Waals surface area (Å²) in [5.74, 6) is -0.542. The SMILES string of the molecule is C[n+]1cccc2cc(NC(=O)c3cccc(C(=O)Nc4ccc5c(ccc[n+]5C)c4)c3)ccc21. The van der Waals surface area contributed by atoms with Crippen LogP contribution in [0.15, 0.2) is 97.3 Å². The van der Waals surface area contributed by atoms with E-state index in [1.54, 1.807) is 24.3 Å². The van der Waals surface area contributed by atoms with Gasteiger partial charge < -0.3 is 10.6 Å². The molecule has 0 aliphatic rings. The van der Waals surface area contributed by atoms with Crippen LogP contribution in [0.2, 0.25) is 0 Å². The number of rotatable bonds is 4. The number of fused-ring (bicyclic) bond motifs is 2. The van der Waals surface area contributed by atoms with Gasteiger partial charge in [-0.15, -0.1) is 0 Å². The van der Waals surface area contributed by atoms with Crippen molar-refractivity contribution in [2.75, 3.05) is 10.6 Å². The quantitative estimate of drug-likeness (QED) is 0.406. The standard InChI is InChI=1S/C28H22N4O2/c1-31-14-4-8-19-17-23(10-12-25(19)31)29-27(33)21-6-3-7-22(16-21)28(34)30-24-11-13-26-20(18-24)9-5-15-32(26)2/h3-18H,1-2H3/p+2. The van der Waals surface area contributed by atoms with E-state index in [9.17, 15) is 9.59 Å². The van der Waals surface area contributed by atoms with E-state index in [1.165, 1.54) is 0 Å². The highest BCUT2D eigenvalue weighted by molar-refractivity contribution is 6.09. The van der Waals surface area contributed by atoms with Crippen LogP contribution in [0.5, 0.6) is 0 Å². The fraction of sp³-hybridized carbons (Fsp3) is 0.0714. The summed E-state index contributed by atoms with van der Waals surface area (Å²) in [6.07, 6.45) is 3.96. The first kappa shape index (κ1) is 21.3. The van der Waals surface area contributed by atoms with E-state index in [2.05, 4.69) is 10.6 Å². The van der Waals surface area contributed by atoms with E-state index in [-0.39, 0.29) is 11.8 Å². The number of nitrogens with one attached hydrogen (secondary N) is 2. The zero-order valence-electron chi connectivity index (χ0n) is 18.9. The fourth-order valence-corrected chi connectivity index (χ4v) is 4.09. The number of aryl methyl sites for hydroxylation is 2. The van der Waals surface area contributed by atoms with Crippen LogP contribution in [-0.4, -0.2) is 11.8 Å². The molecule has 0 fully saturated rings. The third kappa shape index (κ3) is 4.21. The van der Waals surface area contributed by atoms with Crippen LogP contribution in [0.4, 0.5) is 11.4 Å². The maximum atomic E-state index is 12.9. The first-order chi connectivity index (χ1) is 16.5. The Hall–Kier alpha value is -4.58. The minimum Gasteiger partial charge on any atom is -0.322 e. The summed E-state index contributed by atoms with van der Waals surface area (Å²) in [5, 5.41) is 7.91. The normalized spacial score (nSPS) is 10.9. The van der Waals surface area contributed by atoms with Crippen LogP contribution in [-0.2, 0) is 14.1 Å². The van der Waals surface area contributed by atoms with Gasteiger partial charge in [0, 0.05) is 57.5 Å². The molecular formula is C28H24N4O2+2. The van der Waals surface area contributed by atoms with Gasteiger partial charge in [-0.1, -0.05) is 6.07 Å². The predicted molar refractivity (Wildman–Crippen MR) is 133 cm³/mol. The number of benzene rings is 3. The Kier molecular flexibility index (Phi) is 5.47. The van der Waals surface area contributed by atoms with Crippen LogP contribution < -0.4 is 19.8 Å². The van der Waals surface area contributed by atoms with E-state index in [0.717, 1.165) is 21.8 Å². The van der Waals surface area contributed by atoms with Gasteiger partial charge >= 0.3 is 0 Å². The van der Waals surface area contributed by atoms with Crippen molar-refractivity contribution < 1.29 is 18.7 Å².